The van der Waals surface area contributed by atoms with Gasteiger partial charge in [0.05, 0.1) is 6.42 Å². The SMILES string of the molecule is Cc1ccc(N(C)C(=O)N2CC(CC(=O)O)C2)c(C)c1. The molecule has 1 heterocycles. The maximum absolute atomic E-state index is 12.3. The second-order valence-corrected chi connectivity index (χ2v) is 5.50. The zero-order chi connectivity index (χ0) is 14.9. The first kappa shape index (κ1) is 14.4. The van der Waals surface area contributed by atoms with Crippen LogP contribution in [-0.4, -0.2) is 42.1 Å². The summed E-state index contributed by atoms with van der Waals surface area (Å²) >= 11 is 0. The minimum absolute atomic E-state index is 0.0707. The Balaban J connectivity index is 1.98. The summed E-state index contributed by atoms with van der Waals surface area (Å²) in [5, 5.41) is 8.71. The summed E-state index contributed by atoms with van der Waals surface area (Å²) < 4.78 is 0. The maximum atomic E-state index is 12.3. The van der Waals surface area contributed by atoms with Gasteiger partial charge in [-0.15, -0.1) is 0 Å². The Morgan fingerprint density at radius 2 is 2.00 bits per heavy atom. The molecule has 1 saturated heterocycles. The first-order valence-electron chi connectivity index (χ1n) is 6.70. The van der Waals surface area contributed by atoms with E-state index < -0.39 is 5.97 Å². The molecule has 5 nitrogen and oxygen atoms in total. The number of hydrogen-bond donors (Lipinski definition) is 1. The molecule has 1 fully saturated rings. The van der Waals surface area contributed by atoms with Gasteiger partial charge in [-0.3, -0.25) is 9.69 Å². The highest BCUT2D eigenvalue weighted by Crippen LogP contribution is 2.25. The number of aliphatic carboxylic acids is 1. The molecule has 0 unspecified atom stereocenters. The number of urea groups is 1. The van der Waals surface area contributed by atoms with Crippen molar-refractivity contribution in [2.24, 2.45) is 5.92 Å². The van der Waals surface area contributed by atoms with E-state index in [0.717, 1.165) is 16.8 Å². The molecule has 1 aliphatic rings. The van der Waals surface area contributed by atoms with Gasteiger partial charge in [0.2, 0.25) is 0 Å². The first-order valence-corrected chi connectivity index (χ1v) is 6.70. The second-order valence-electron chi connectivity index (χ2n) is 5.50. The summed E-state index contributed by atoms with van der Waals surface area (Å²) in [6.45, 7) is 5.06. The lowest BCUT2D eigenvalue weighted by Crippen LogP contribution is -2.54. The quantitative estimate of drug-likeness (QED) is 0.921. The molecule has 5 heteroatoms. The number of carbonyl (C=O) groups excluding carboxylic acids is 1. The average Bonchev–Trinajstić information content (AvgIpc) is 2.31. The Hall–Kier alpha value is -2.04. The van der Waals surface area contributed by atoms with E-state index in [1.165, 1.54) is 0 Å². The monoisotopic (exact) mass is 276 g/mol. The van der Waals surface area contributed by atoms with E-state index in [2.05, 4.69) is 0 Å². The van der Waals surface area contributed by atoms with Gasteiger partial charge >= 0.3 is 12.0 Å². The average molecular weight is 276 g/mol. The molecule has 2 rings (SSSR count). The number of nitrogens with zero attached hydrogens (tertiary/aromatic N) is 2. The third kappa shape index (κ3) is 2.92. The van der Waals surface area contributed by atoms with Crippen molar-refractivity contribution in [1.82, 2.24) is 4.90 Å². The van der Waals surface area contributed by atoms with Crippen LogP contribution < -0.4 is 4.90 Å². The topological polar surface area (TPSA) is 60.9 Å². The van der Waals surface area contributed by atoms with Crippen LogP contribution >= 0.6 is 0 Å². The summed E-state index contributed by atoms with van der Waals surface area (Å²) in [6.07, 6.45) is 0.136. The molecule has 0 bridgehead atoms. The number of benzene rings is 1. The fourth-order valence-corrected chi connectivity index (χ4v) is 2.60. The van der Waals surface area contributed by atoms with Crippen LogP contribution in [0.15, 0.2) is 18.2 Å². The van der Waals surface area contributed by atoms with Gasteiger partial charge in [-0.2, -0.15) is 0 Å². The third-order valence-corrected chi connectivity index (χ3v) is 3.69. The van der Waals surface area contributed by atoms with E-state index >= 15 is 0 Å². The van der Waals surface area contributed by atoms with Gasteiger partial charge in [0.1, 0.15) is 0 Å². The standard InChI is InChI=1S/C15H20N2O3/c1-10-4-5-13(11(2)6-10)16(3)15(20)17-8-12(9-17)7-14(18)19/h4-6,12H,7-9H2,1-3H3,(H,18,19). The van der Waals surface area contributed by atoms with Gasteiger partial charge in [-0.1, -0.05) is 17.7 Å². The smallest absolute Gasteiger partial charge is 0.324 e. The molecule has 1 aliphatic heterocycles. The highest BCUT2D eigenvalue weighted by molar-refractivity contribution is 5.92. The first-order chi connectivity index (χ1) is 9.38. The van der Waals surface area contributed by atoms with Crippen molar-refractivity contribution in [3.63, 3.8) is 0 Å². The largest absolute Gasteiger partial charge is 0.481 e. The molecule has 2 amide bonds. The van der Waals surface area contributed by atoms with Crippen molar-refractivity contribution in [3.05, 3.63) is 29.3 Å². The van der Waals surface area contributed by atoms with E-state index in [4.69, 9.17) is 5.11 Å². The number of rotatable bonds is 3. The molecule has 0 spiro atoms. The van der Waals surface area contributed by atoms with E-state index in [9.17, 15) is 9.59 Å². The molecule has 0 aromatic heterocycles. The van der Waals surface area contributed by atoms with Crippen LogP contribution in [0.1, 0.15) is 17.5 Å². The molecule has 0 atom stereocenters. The lowest BCUT2D eigenvalue weighted by molar-refractivity contribution is -0.139. The highest BCUT2D eigenvalue weighted by Gasteiger charge is 2.34. The van der Waals surface area contributed by atoms with Gasteiger partial charge in [-0.25, -0.2) is 4.79 Å². The van der Waals surface area contributed by atoms with Crippen LogP contribution in [0, 0.1) is 19.8 Å². The number of amides is 2. The fourth-order valence-electron chi connectivity index (χ4n) is 2.60. The number of anilines is 1. The molecule has 1 aromatic rings. The molecule has 0 radical (unpaired) electrons. The molecule has 0 saturated carbocycles. The Morgan fingerprint density at radius 3 is 2.55 bits per heavy atom. The fraction of sp³-hybridized carbons (Fsp3) is 0.467. The van der Waals surface area contributed by atoms with Crippen LogP contribution in [0.25, 0.3) is 0 Å². The molecular weight excluding hydrogens is 256 g/mol. The lowest BCUT2D eigenvalue weighted by atomic mass is 9.97. The van der Waals surface area contributed by atoms with Crippen LogP contribution in [-0.2, 0) is 4.79 Å². The Morgan fingerprint density at radius 1 is 1.35 bits per heavy atom. The molecule has 1 N–H and O–H groups in total. The molecule has 1 aromatic carbocycles. The van der Waals surface area contributed by atoms with Gasteiger partial charge in [0.15, 0.2) is 0 Å². The Bertz CT molecular complexity index is 536. The lowest BCUT2D eigenvalue weighted by Gasteiger charge is -2.40. The van der Waals surface area contributed by atoms with Gasteiger partial charge in [-0.05, 0) is 25.5 Å². The zero-order valence-corrected chi connectivity index (χ0v) is 12.1. The normalized spacial score (nSPS) is 14.8. The van der Waals surface area contributed by atoms with Gasteiger partial charge in [0, 0.05) is 31.7 Å². The summed E-state index contributed by atoms with van der Waals surface area (Å²) in [5.74, 6) is -0.714. The number of carboxylic acid groups (broad SMARTS) is 1. The Labute approximate surface area is 118 Å². The molecule has 0 aliphatic carbocycles. The van der Waals surface area contributed by atoms with Gasteiger partial charge < -0.3 is 10.0 Å². The number of aryl methyl sites for hydroxylation is 2. The predicted octanol–water partition coefficient (Wildman–Crippen LogP) is 2.27. The number of carbonyl (C=O) groups is 2. The Kier molecular flexibility index (Phi) is 3.97. The van der Waals surface area contributed by atoms with E-state index in [1.54, 1.807) is 16.8 Å². The molecule has 20 heavy (non-hydrogen) atoms. The van der Waals surface area contributed by atoms with E-state index in [0.29, 0.717) is 13.1 Å². The number of hydrogen-bond acceptors (Lipinski definition) is 2. The van der Waals surface area contributed by atoms with Crippen LogP contribution in [0.5, 0.6) is 0 Å². The third-order valence-electron chi connectivity index (χ3n) is 3.69. The van der Waals surface area contributed by atoms with Crippen LogP contribution in [0.3, 0.4) is 0 Å². The molecular formula is C15H20N2O3. The minimum Gasteiger partial charge on any atom is -0.481 e. The van der Waals surface area contributed by atoms with Crippen LogP contribution in [0.2, 0.25) is 0 Å². The van der Waals surface area contributed by atoms with Crippen molar-refractivity contribution in [1.29, 1.82) is 0 Å². The van der Waals surface area contributed by atoms with Crippen LogP contribution in [0.4, 0.5) is 10.5 Å². The van der Waals surface area contributed by atoms with E-state index in [1.807, 2.05) is 32.0 Å². The van der Waals surface area contributed by atoms with Crippen molar-refractivity contribution in [3.8, 4) is 0 Å². The number of carboxylic acids is 1. The zero-order valence-electron chi connectivity index (χ0n) is 12.1. The van der Waals surface area contributed by atoms with Crippen molar-refractivity contribution >= 4 is 17.7 Å². The summed E-state index contributed by atoms with van der Waals surface area (Å²) in [4.78, 5) is 26.2. The summed E-state index contributed by atoms with van der Waals surface area (Å²) in [7, 11) is 1.75. The maximum Gasteiger partial charge on any atom is 0.324 e. The summed E-state index contributed by atoms with van der Waals surface area (Å²) in [6, 6.07) is 5.90. The summed E-state index contributed by atoms with van der Waals surface area (Å²) in [5.41, 5.74) is 3.11. The number of likely N-dealkylation sites (tertiary alicyclic amines) is 1. The van der Waals surface area contributed by atoms with Crippen molar-refractivity contribution < 1.29 is 14.7 Å². The van der Waals surface area contributed by atoms with Crippen molar-refractivity contribution in [2.75, 3.05) is 25.0 Å². The van der Waals surface area contributed by atoms with Crippen molar-refractivity contribution in [2.45, 2.75) is 20.3 Å². The molecule has 108 valence electrons. The highest BCUT2D eigenvalue weighted by atomic mass is 16.4. The predicted molar refractivity (Wildman–Crippen MR) is 77.0 cm³/mol. The minimum atomic E-state index is -0.801. The van der Waals surface area contributed by atoms with Gasteiger partial charge in [0.25, 0.3) is 0 Å². The second kappa shape index (κ2) is 5.53. The van der Waals surface area contributed by atoms with E-state index in [-0.39, 0.29) is 18.4 Å².